The fourth-order valence-electron chi connectivity index (χ4n) is 3.65. The average molecular weight is 457 g/mol. The molecule has 0 aliphatic rings. The SMILES string of the molecule is Cc1ccccc1[C@@H](NC(=O)c1cccc(NS(=O)(=O)c2ccccc2)c1)c1ccccc1. The zero-order chi connectivity index (χ0) is 23.3. The van der Waals surface area contributed by atoms with Gasteiger partial charge < -0.3 is 5.32 Å². The zero-order valence-electron chi connectivity index (χ0n) is 18.1. The van der Waals surface area contributed by atoms with Gasteiger partial charge >= 0.3 is 0 Å². The molecule has 4 aromatic carbocycles. The van der Waals surface area contributed by atoms with Crippen molar-refractivity contribution in [3.05, 3.63) is 131 Å². The van der Waals surface area contributed by atoms with Crippen LogP contribution in [-0.4, -0.2) is 14.3 Å². The third-order valence-corrected chi connectivity index (χ3v) is 6.74. The molecule has 0 bridgehead atoms. The van der Waals surface area contributed by atoms with Crippen LogP contribution in [0.1, 0.15) is 33.1 Å². The van der Waals surface area contributed by atoms with E-state index in [1.165, 1.54) is 18.2 Å². The highest BCUT2D eigenvalue weighted by atomic mass is 32.2. The van der Waals surface area contributed by atoms with Crippen molar-refractivity contribution in [3.63, 3.8) is 0 Å². The zero-order valence-corrected chi connectivity index (χ0v) is 18.9. The summed E-state index contributed by atoms with van der Waals surface area (Å²) < 4.78 is 27.9. The fraction of sp³-hybridized carbons (Fsp3) is 0.0741. The first kappa shape index (κ1) is 22.3. The summed E-state index contributed by atoms with van der Waals surface area (Å²) in [5, 5.41) is 3.11. The van der Waals surface area contributed by atoms with Crippen LogP contribution >= 0.6 is 0 Å². The number of nitrogens with one attached hydrogen (secondary N) is 2. The number of rotatable bonds is 7. The lowest BCUT2D eigenvalue weighted by Gasteiger charge is -2.22. The minimum Gasteiger partial charge on any atom is -0.341 e. The first-order chi connectivity index (χ1) is 15.9. The van der Waals surface area contributed by atoms with E-state index in [0.29, 0.717) is 11.3 Å². The molecule has 0 heterocycles. The van der Waals surface area contributed by atoms with Gasteiger partial charge in [-0.1, -0.05) is 78.9 Å². The Morgan fingerprint density at radius 3 is 2.09 bits per heavy atom. The molecule has 1 amide bonds. The quantitative estimate of drug-likeness (QED) is 0.395. The molecule has 6 heteroatoms. The molecule has 4 rings (SSSR count). The lowest BCUT2D eigenvalue weighted by molar-refractivity contribution is 0.0943. The van der Waals surface area contributed by atoms with Crippen LogP contribution in [0.3, 0.4) is 0 Å². The van der Waals surface area contributed by atoms with Crippen LogP contribution in [0, 0.1) is 6.92 Å². The topological polar surface area (TPSA) is 75.3 Å². The van der Waals surface area contributed by atoms with E-state index < -0.39 is 10.0 Å². The number of hydrogen-bond donors (Lipinski definition) is 2. The van der Waals surface area contributed by atoms with Crippen LogP contribution in [0.2, 0.25) is 0 Å². The highest BCUT2D eigenvalue weighted by Gasteiger charge is 2.20. The van der Waals surface area contributed by atoms with E-state index in [-0.39, 0.29) is 16.8 Å². The van der Waals surface area contributed by atoms with E-state index in [4.69, 9.17) is 0 Å². The Hall–Kier alpha value is -3.90. The molecular formula is C27H24N2O3S. The molecule has 0 aliphatic heterocycles. The number of anilines is 1. The van der Waals surface area contributed by atoms with Crippen LogP contribution in [0.25, 0.3) is 0 Å². The molecule has 33 heavy (non-hydrogen) atoms. The summed E-state index contributed by atoms with van der Waals surface area (Å²) in [4.78, 5) is 13.4. The maximum Gasteiger partial charge on any atom is 0.261 e. The number of benzene rings is 4. The molecule has 0 saturated carbocycles. The molecule has 0 unspecified atom stereocenters. The molecule has 0 aliphatic carbocycles. The van der Waals surface area contributed by atoms with Crippen molar-refractivity contribution >= 4 is 21.6 Å². The van der Waals surface area contributed by atoms with Crippen LogP contribution in [0.4, 0.5) is 5.69 Å². The van der Waals surface area contributed by atoms with Crippen molar-refractivity contribution in [2.45, 2.75) is 17.9 Å². The molecule has 4 aromatic rings. The second-order valence-electron chi connectivity index (χ2n) is 7.67. The predicted molar refractivity (Wildman–Crippen MR) is 131 cm³/mol. The third-order valence-electron chi connectivity index (χ3n) is 5.34. The first-order valence-electron chi connectivity index (χ1n) is 10.5. The van der Waals surface area contributed by atoms with Crippen LogP contribution in [0.15, 0.2) is 114 Å². The molecule has 5 nitrogen and oxygen atoms in total. The van der Waals surface area contributed by atoms with Crippen molar-refractivity contribution in [3.8, 4) is 0 Å². The highest BCUT2D eigenvalue weighted by Crippen LogP contribution is 2.26. The second kappa shape index (κ2) is 9.71. The molecule has 166 valence electrons. The van der Waals surface area contributed by atoms with Gasteiger partial charge in [-0.2, -0.15) is 0 Å². The monoisotopic (exact) mass is 456 g/mol. The molecule has 2 N–H and O–H groups in total. The largest absolute Gasteiger partial charge is 0.341 e. The Labute approximate surface area is 194 Å². The van der Waals surface area contributed by atoms with Crippen molar-refractivity contribution < 1.29 is 13.2 Å². The van der Waals surface area contributed by atoms with E-state index in [9.17, 15) is 13.2 Å². The summed E-state index contributed by atoms with van der Waals surface area (Å²) in [7, 11) is -3.75. The van der Waals surface area contributed by atoms with E-state index in [1.807, 2.05) is 61.5 Å². The van der Waals surface area contributed by atoms with E-state index >= 15 is 0 Å². The van der Waals surface area contributed by atoms with Gasteiger partial charge in [0.15, 0.2) is 0 Å². The molecule has 0 radical (unpaired) electrons. The van der Waals surface area contributed by atoms with E-state index in [2.05, 4.69) is 10.0 Å². The Balaban J connectivity index is 1.60. The van der Waals surface area contributed by atoms with E-state index in [1.54, 1.807) is 36.4 Å². The van der Waals surface area contributed by atoms with E-state index in [0.717, 1.165) is 16.7 Å². The van der Waals surface area contributed by atoms with Gasteiger partial charge in [0, 0.05) is 11.3 Å². The average Bonchev–Trinajstić information content (AvgIpc) is 2.84. The number of sulfonamides is 1. The smallest absolute Gasteiger partial charge is 0.261 e. The van der Waals surface area contributed by atoms with Crippen molar-refractivity contribution in [2.24, 2.45) is 0 Å². The van der Waals surface area contributed by atoms with Crippen molar-refractivity contribution in [1.82, 2.24) is 5.32 Å². The Morgan fingerprint density at radius 1 is 0.758 bits per heavy atom. The highest BCUT2D eigenvalue weighted by molar-refractivity contribution is 7.92. The number of carbonyl (C=O) groups is 1. The maximum atomic E-state index is 13.2. The van der Waals surface area contributed by atoms with Gasteiger partial charge in [-0.3, -0.25) is 9.52 Å². The van der Waals surface area contributed by atoms with Gasteiger partial charge in [-0.05, 0) is 53.9 Å². The predicted octanol–water partition coefficient (Wildman–Crippen LogP) is 5.32. The second-order valence-corrected chi connectivity index (χ2v) is 9.36. The minimum absolute atomic E-state index is 0.156. The lowest BCUT2D eigenvalue weighted by atomic mass is 9.94. The lowest BCUT2D eigenvalue weighted by Crippen LogP contribution is -2.30. The van der Waals surface area contributed by atoms with Crippen molar-refractivity contribution in [1.29, 1.82) is 0 Å². The molecule has 0 saturated heterocycles. The number of amides is 1. The van der Waals surface area contributed by atoms with Crippen LogP contribution in [-0.2, 0) is 10.0 Å². The maximum absolute atomic E-state index is 13.2. The summed E-state index contributed by atoms with van der Waals surface area (Å²) >= 11 is 0. The molecule has 0 spiro atoms. The molecular weight excluding hydrogens is 432 g/mol. The number of hydrogen-bond acceptors (Lipinski definition) is 3. The van der Waals surface area contributed by atoms with Gasteiger partial charge in [-0.25, -0.2) is 8.42 Å². The van der Waals surface area contributed by atoms with Gasteiger partial charge in [0.1, 0.15) is 0 Å². The summed E-state index contributed by atoms with van der Waals surface area (Å²) in [6.07, 6.45) is 0. The minimum atomic E-state index is -3.75. The first-order valence-corrected chi connectivity index (χ1v) is 12.0. The Kier molecular flexibility index (Phi) is 6.56. The Morgan fingerprint density at radius 2 is 1.39 bits per heavy atom. The number of carbonyl (C=O) groups excluding carboxylic acids is 1. The third kappa shape index (κ3) is 5.30. The fourth-order valence-corrected chi connectivity index (χ4v) is 4.72. The van der Waals surface area contributed by atoms with Gasteiger partial charge in [0.05, 0.1) is 10.9 Å². The summed E-state index contributed by atoms with van der Waals surface area (Å²) in [5.74, 6) is -0.298. The van der Waals surface area contributed by atoms with Crippen LogP contribution in [0.5, 0.6) is 0 Å². The van der Waals surface area contributed by atoms with Crippen molar-refractivity contribution in [2.75, 3.05) is 4.72 Å². The van der Waals surface area contributed by atoms with Gasteiger partial charge in [-0.15, -0.1) is 0 Å². The van der Waals surface area contributed by atoms with Gasteiger partial charge in [0.25, 0.3) is 15.9 Å². The summed E-state index contributed by atoms with van der Waals surface area (Å²) in [6.45, 7) is 2.01. The standard InChI is InChI=1S/C27H24N2O3S/c1-20-11-8-9-18-25(20)26(21-12-4-2-5-13-21)28-27(30)22-14-10-15-23(19-22)29-33(31,32)24-16-6-3-7-17-24/h2-19,26,29H,1H3,(H,28,30)/t26-/m0/s1. The van der Waals surface area contributed by atoms with Gasteiger partial charge in [0.2, 0.25) is 0 Å². The molecule has 1 atom stereocenters. The van der Waals surface area contributed by atoms with Crippen LogP contribution < -0.4 is 10.0 Å². The molecule has 0 aromatic heterocycles. The summed E-state index contributed by atoms with van der Waals surface area (Å²) in [5.41, 5.74) is 3.70. The summed E-state index contributed by atoms with van der Waals surface area (Å²) in [6, 6.07) is 31.9. The number of aryl methyl sites for hydroxylation is 1. The molecule has 0 fully saturated rings. The normalized spacial score (nSPS) is 12.0. The Bertz CT molecular complexity index is 1350.